The van der Waals surface area contributed by atoms with E-state index < -0.39 is 5.41 Å². The highest BCUT2D eigenvalue weighted by Gasteiger charge is 2.30. The Hall–Kier alpha value is -1.03. The first kappa shape index (κ1) is 15.4. The predicted octanol–water partition coefficient (Wildman–Crippen LogP) is 4.00. The average Bonchev–Trinajstić information content (AvgIpc) is 2.90. The number of benzene rings is 1. The van der Waals surface area contributed by atoms with Gasteiger partial charge in [-0.1, -0.05) is 38.8 Å². The first-order chi connectivity index (χ1) is 9.49. The summed E-state index contributed by atoms with van der Waals surface area (Å²) >= 11 is 1.40. The molecule has 0 atom stereocenters. The summed E-state index contributed by atoms with van der Waals surface area (Å²) in [5, 5.41) is 3.12. The van der Waals surface area contributed by atoms with Crippen LogP contribution in [0.5, 0.6) is 0 Å². The molecule has 1 saturated carbocycles. The molecule has 1 N–H and O–H groups in total. The van der Waals surface area contributed by atoms with Crippen molar-refractivity contribution in [2.24, 2.45) is 5.41 Å². The van der Waals surface area contributed by atoms with Crippen molar-refractivity contribution >= 4 is 17.7 Å². The highest BCUT2D eigenvalue weighted by molar-refractivity contribution is 7.99. The molecule has 1 aliphatic carbocycles. The lowest BCUT2D eigenvalue weighted by Gasteiger charge is -2.25. The van der Waals surface area contributed by atoms with Crippen molar-refractivity contribution < 1.29 is 9.18 Å². The number of carbonyl (C=O) groups excluding carboxylic acids is 1. The van der Waals surface area contributed by atoms with Crippen molar-refractivity contribution in [1.29, 1.82) is 0 Å². The molecule has 1 aromatic carbocycles. The van der Waals surface area contributed by atoms with E-state index >= 15 is 0 Å². The summed E-state index contributed by atoms with van der Waals surface area (Å²) < 4.78 is 13.6. The van der Waals surface area contributed by atoms with Gasteiger partial charge in [0.25, 0.3) is 0 Å². The van der Waals surface area contributed by atoms with E-state index in [9.17, 15) is 9.18 Å². The van der Waals surface area contributed by atoms with Crippen LogP contribution >= 0.6 is 11.8 Å². The van der Waals surface area contributed by atoms with E-state index in [0.29, 0.717) is 16.7 Å². The van der Waals surface area contributed by atoms with E-state index in [1.165, 1.54) is 30.7 Å². The Kier molecular flexibility index (Phi) is 5.08. The fraction of sp³-hybridized carbons (Fsp3) is 0.562. The summed E-state index contributed by atoms with van der Waals surface area (Å²) in [6, 6.07) is 7.04. The summed E-state index contributed by atoms with van der Waals surface area (Å²) in [7, 11) is 0. The van der Waals surface area contributed by atoms with Crippen LogP contribution in [0.15, 0.2) is 29.2 Å². The SMILES string of the molecule is CC(C)(CSc1ccccc1F)C(=O)NC1CCCC1. The number of carbonyl (C=O) groups is 1. The van der Waals surface area contributed by atoms with Gasteiger partial charge in [0.1, 0.15) is 5.82 Å². The van der Waals surface area contributed by atoms with Crippen LogP contribution in [0.3, 0.4) is 0 Å². The molecule has 110 valence electrons. The van der Waals surface area contributed by atoms with Gasteiger partial charge in [-0.2, -0.15) is 0 Å². The lowest BCUT2D eigenvalue weighted by atomic mass is 9.94. The first-order valence-corrected chi connectivity index (χ1v) is 8.16. The maximum absolute atomic E-state index is 13.6. The molecule has 20 heavy (non-hydrogen) atoms. The Balaban J connectivity index is 1.89. The van der Waals surface area contributed by atoms with Crippen molar-refractivity contribution in [3.8, 4) is 0 Å². The maximum Gasteiger partial charge on any atom is 0.226 e. The maximum atomic E-state index is 13.6. The molecule has 0 unspecified atom stereocenters. The van der Waals surface area contributed by atoms with Gasteiger partial charge in [-0.25, -0.2) is 4.39 Å². The molecule has 1 aliphatic rings. The fourth-order valence-electron chi connectivity index (χ4n) is 2.34. The summed E-state index contributed by atoms with van der Waals surface area (Å²) in [5.74, 6) is 0.435. The van der Waals surface area contributed by atoms with Crippen LogP contribution in [0.4, 0.5) is 4.39 Å². The van der Waals surface area contributed by atoms with Crippen LogP contribution in [-0.2, 0) is 4.79 Å². The zero-order valence-electron chi connectivity index (χ0n) is 12.1. The third kappa shape index (κ3) is 3.98. The molecule has 2 nitrogen and oxygen atoms in total. The number of hydrogen-bond donors (Lipinski definition) is 1. The molecule has 0 heterocycles. The van der Waals surface area contributed by atoms with Crippen LogP contribution in [0.2, 0.25) is 0 Å². The van der Waals surface area contributed by atoms with E-state index in [-0.39, 0.29) is 11.7 Å². The van der Waals surface area contributed by atoms with Gasteiger partial charge < -0.3 is 5.32 Å². The van der Waals surface area contributed by atoms with E-state index in [1.807, 2.05) is 19.9 Å². The van der Waals surface area contributed by atoms with Crippen LogP contribution in [0, 0.1) is 11.2 Å². The third-order valence-corrected chi connectivity index (χ3v) is 5.24. The molecule has 1 amide bonds. The van der Waals surface area contributed by atoms with Crippen LogP contribution in [-0.4, -0.2) is 17.7 Å². The number of amides is 1. The van der Waals surface area contributed by atoms with E-state index in [0.717, 1.165) is 12.8 Å². The van der Waals surface area contributed by atoms with Gasteiger partial charge in [0.15, 0.2) is 0 Å². The molecule has 0 aromatic heterocycles. The van der Waals surface area contributed by atoms with Gasteiger partial charge >= 0.3 is 0 Å². The standard InChI is InChI=1S/C16H22FNOS/c1-16(2,15(19)18-12-7-3-4-8-12)11-20-14-10-6-5-9-13(14)17/h5-6,9-10,12H,3-4,7-8,11H2,1-2H3,(H,18,19). The first-order valence-electron chi connectivity index (χ1n) is 7.17. The Bertz CT molecular complexity index is 469. The molecular weight excluding hydrogens is 273 g/mol. The van der Waals surface area contributed by atoms with Gasteiger partial charge in [-0.15, -0.1) is 11.8 Å². The number of rotatable bonds is 5. The zero-order chi connectivity index (χ0) is 14.6. The van der Waals surface area contributed by atoms with Crippen LogP contribution in [0.25, 0.3) is 0 Å². The van der Waals surface area contributed by atoms with E-state index in [2.05, 4.69) is 5.32 Å². The third-order valence-electron chi connectivity index (χ3n) is 3.73. The number of nitrogens with one attached hydrogen (secondary N) is 1. The molecule has 0 saturated heterocycles. The monoisotopic (exact) mass is 295 g/mol. The highest BCUT2D eigenvalue weighted by Crippen LogP contribution is 2.30. The zero-order valence-corrected chi connectivity index (χ0v) is 12.9. The average molecular weight is 295 g/mol. The van der Waals surface area contributed by atoms with E-state index in [4.69, 9.17) is 0 Å². The number of halogens is 1. The minimum Gasteiger partial charge on any atom is -0.353 e. The quantitative estimate of drug-likeness (QED) is 0.832. The van der Waals surface area contributed by atoms with Crippen molar-refractivity contribution in [3.05, 3.63) is 30.1 Å². The second-order valence-corrected chi connectivity index (χ2v) is 7.07. The van der Waals surface area contributed by atoms with Crippen molar-refractivity contribution in [2.75, 3.05) is 5.75 Å². The molecule has 0 spiro atoms. The molecule has 1 fully saturated rings. The van der Waals surface area contributed by atoms with Crippen molar-refractivity contribution in [3.63, 3.8) is 0 Å². The lowest BCUT2D eigenvalue weighted by Crippen LogP contribution is -2.43. The number of thioether (sulfide) groups is 1. The van der Waals surface area contributed by atoms with Crippen LogP contribution < -0.4 is 5.32 Å². The van der Waals surface area contributed by atoms with Gasteiger partial charge in [0.05, 0.1) is 5.41 Å². The lowest BCUT2D eigenvalue weighted by molar-refractivity contribution is -0.128. The van der Waals surface area contributed by atoms with Gasteiger partial charge in [0, 0.05) is 16.7 Å². The largest absolute Gasteiger partial charge is 0.353 e. The fourth-order valence-corrected chi connectivity index (χ4v) is 3.36. The minimum atomic E-state index is -0.491. The Labute approximate surface area is 124 Å². The minimum absolute atomic E-state index is 0.0771. The normalized spacial score (nSPS) is 16.4. The molecular formula is C16H22FNOS. The molecule has 1 aromatic rings. The Morgan fingerprint density at radius 3 is 2.65 bits per heavy atom. The molecule has 0 radical (unpaired) electrons. The Morgan fingerprint density at radius 1 is 1.35 bits per heavy atom. The smallest absolute Gasteiger partial charge is 0.226 e. The molecule has 0 aliphatic heterocycles. The molecule has 2 rings (SSSR count). The second kappa shape index (κ2) is 6.61. The summed E-state index contributed by atoms with van der Waals surface area (Å²) in [6.45, 7) is 3.84. The highest BCUT2D eigenvalue weighted by atomic mass is 32.2. The summed E-state index contributed by atoms with van der Waals surface area (Å²) in [6.07, 6.45) is 4.58. The Morgan fingerprint density at radius 2 is 2.00 bits per heavy atom. The van der Waals surface area contributed by atoms with Crippen molar-refractivity contribution in [1.82, 2.24) is 5.32 Å². The molecule has 0 bridgehead atoms. The van der Waals surface area contributed by atoms with Crippen LogP contribution in [0.1, 0.15) is 39.5 Å². The molecule has 4 heteroatoms. The topological polar surface area (TPSA) is 29.1 Å². The number of hydrogen-bond acceptors (Lipinski definition) is 2. The van der Waals surface area contributed by atoms with Gasteiger partial charge in [0.2, 0.25) is 5.91 Å². The summed E-state index contributed by atoms with van der Waals surface area (Å²) in [5.41, 5.74) is -0.491. The second-order valence-electron chi connectivity index (χ2n) is 6.06. The summed E-state index contributed by atoms with van der Waals surface area (Å²) in [4.78, 5) is 12.9. The van der Waals surface area contributed by atoms with Gasteiger partial charge in [-0.3, -0.25) is 4.79 Å². The van der Waals surface area contributed by atoms with Gasteiger partial charge in [-0.05, 0) is 25.0 Å². The van der Waals surface area contributed by atoms with E-state index in [1.54, 1.807) is 12.1 Å². The predicted molar refractivity (Wildman–Crippen MR) is 81.3 cm³/mol. The van der Waals surface area contributed by atoms with Crippen molar-refractivity contribution in [2.45, 2.75) is 50.5 Å².